The van der Waals surface area contributed by atoms with Crippen molar-refractivity contribution in [3.63, 3.8) is 0 Å². The second kappa shape index (κ2) is 8.90. The second-order valence-corrected chi connectivity index (χ2v) is 8.68. The minimum atomic E-state index is -0.397. The van der Waals surface area contributed by atoms with Gasteiger partial charge in [0.15, 0.2) is 6.39 Å². The van der Waals surface area contributed by atoms with Crippen molar-refractivity contribution in [1.82, 2.24) is 9.88 Å². The topological polar surface area (TPSA) is 49.6 Å². The van der Waals surface area contributed by atoms with Gasteiger partial charge in [0.05, 0.1) is 11.2 Å². The Morgan fingerprint density at radius 1 is 1.37 bits per heavy atom. The molecule has 1 aromatic heterocycles. The molecule has 0 bridgehead atoms. The van der Waals surface area contributed by atoms with Gasteiger partial charge in [-0.25, -0.2) is 9.37 Å². The standard InChI is InChI=1S/C23H28FN3O2.ClH/c1-16(2)11-21-20(25-15-29-21)14-26-10-9-23(13-17(26)3)8-7-22(28)27(23)19-6-4-5-18(24)12-19;/h4-8,12,15-17H,9-11,13-14H2,1-3H3;1H/t17-,23+;/m0./s1. The molecule has 0 aliphatic carbocycles. The predicted molar refractivity (Wildman–Crippen MR) is 117 cm³/mol. The van der Waals surface area contributed by atoms with Crippen LogP contribution in [-0.4, -0.2) is 33.9 Å². The van der Waals surface area contributed by atoms with Crippen LogP contribution in [0.25, 0.3) is 0 Å². The molecule has 5 nitrogen and oxygen atoms in total. The van der Waals surface area contributed by atoms with E-state index in [0.29, 0.717) is 11.6 Å². The molecule has 4 rings (SSSR count). The quantitative estimate of drug-likeness (QED) is 0.682. The highest BCUT2D eigenvalue weighted by Gasteiger charge is 2.46. The Hall–Kier alpha value is -2.18. The molecule has 0 unspecified atom stereocenters. The summed E-state index contributed by atoms with van der Waals surface area (Å²) in [5, 5.41) is 0. The van der Waals surface area contributed by atoms with Gasteiger partial charge in [-0.2, -0.15) is 0 Å². The van der Waals surface area contributed by atoms with Gasteiger partial charge in [-0.3, -0.25) is 14.6 Å². The van der Waals surface area contributed by atoms with E-state index in [1.807, 2.05) is 6.08 Å². The summed E-state index contributed by atoms with van der Waals surface area (Å²) in [4.78, 5) is 21.2. The van der Waals surface area contributed by atoms with Gasteiger partial charge in [0.1, 0.15) is 11.6 Å². The van der Waals surface area contributed by atoms with Gasteiger partial charge in [0.2, 0.25) is 0 Å². The summed E-state index contributed by atoms with van der Waals surface area (Å²) in [7, 11) is 0. The summed E-state index contributed by atoms with van der Waals surface area (Å²) >= 11 is 0. The van der Waals surface area contributed by atoms with Gasteiger partial charge in [0, 0.05) is 37.3 Å². The summed E-state index contributed by atoms with van der Waals surface area (Å²) in [5.74, 6) is 1.07. The van der Waals surface area contributed by atoms with Crippen LogP contribution >= 0.6 is 12.4 Å². The zero-order valence-corrected chi connectivity index (χ0v) is 18.5. The van der Waals surface area contributed by atoms with E-state index in [4.69, 9.17) is 4.42 Å². The first-order chi connectivity index (χ1) is 13.9. The van der Waals surface area contributed by atoms with Crippen LogP contribution in [0.15, 0.2) is 47.2 Å². The largest absolute Gasteiger partial charge is 0.448 e. The van der Waals surface area contributed by atoms with Crippen LogP contribution in [0.3, 0.4) is 0 Å². The number of benzene rings is 1. The molecule has 1 fully saturated rings. The maximum absolute atomic E-state index is 13.8. The number of hydrogen-bond donors (Lipinski definition) is 0. The number of halogens is 2. The average Bonchev–Trinajstić information content (AvgIpc) is 3.21. The van der Waals surface area contributed by atoms with Crippen LogP contribution in [0.4, 0.5) is 10.1 Å². The summed E-state index contributed by atoms with van der Waals surface area (Å²) in [6.45, 7) is 8.10. The number of oxazole rings is 1. The van der Waals surface area contributed by atoms with E-state index in [0.717, 1.165) is 43.8 Å². The SMILES string of the molecule is CC(C)Cc1ocnc1CN1CC[C@]2(C=CC(=O)N2c2cccc(F)c2)C[C@@H]1C.Cl. The molecule has 2 aliphatic rings. The Kier molecular flexibility index (Phi) is 6.68. The van der Waals surface area contributed by atoms with Crippen molar-refractivity contribution in [2.75, 3.05) is 11.4 Å². The van der Waals surface area contributed by atoms with Crippen LogP contribution in [0.5, 0.6) is 0 Å². The predicted octanol–water partition coefficient (Wildman–Crippen LogP) is 4.76. The zero-order chi connectivity index (χ0) is 20.6. The Morgan fingerprint density at radius 2 is 2.17 bits per heavy atom. The van der Waals surface area contributed by atoms with E-state index in [2.05, 4.69) is 30.7 Å². The molecule has 2 aliphatic heterocycles. The molecule has 1 spiro atoms. The number of carbonyl (C=O) groups is 1. The Bertz CT molecular complexity index is 929. The van der Waals surface area contributed by atoms with E-state index in [-0.39, 0.29) is 30.2 Å². The maximum Gasteiger partial charge on any atom is 0.251 e. The highest BCUT2D eigenvalue weighted by molar-refractivity contribution is 6.06. The first kappa shape index (κ1) is 22.5. The van der Waals surface area contributed by atoms with E-state index in [1.165, 1.54) is 18.5 Å². The molecule has 1 saturated heterocycles. The Morgan fingerprint density at radius 3 is 2.87 bits per heavy atom. The summed E-state index contributed by atoms with van der Waals surface area (Å²) in [6.07, 6.45) is 7.65. The summed E-state index contributed by atoms with van der Waals surface area (Å²) in [5.41, 5.74) is 1.23. The minimum absolute atomic E-state index is 0. The van der Waals surface area contributed by atoms with Crippen molar-refractivity contribution < 1.29 is 13.6 Å². The van der Waals surface area contributed by atoms with Crippen molar-refractivity contribution in [3.05, 3.63) is 60.1 Å². The van der Waals surface area contributed by atoms with Gasteiger partial charge in [-0.1, -0.05) is 26.0 Å². The lowest BCUT2D eigenvalue weighted by atomic mass is 9.82. The molecule has 1 amide bonds. The minimum Gasteiger partial charge on any atom is -0.448 e. The maximum atomic E-state index is 13.8. The molecule has 30 heavy (non-hydrogen) atoms. The lowest BCUT2D eigenvalue weighted by molar-refractivity contribution is -0.114. The van der Waals surface area contributed by atoms with Crippen LogP contribution in [0.1, 0.15) is 45.1 Å². The first-order valence-corrected chi connectivity index (χ1v) is 10.3. The number of anilines is 1. The summed E-state index contributed by atoms with van der Waals surface area (Å²) in [6, 6.07) is 6.56. The van der Waals surface area contributed by atoms with Gasteiger partial charge >= 0.3 is 0 Å². The molecule has 2 aromatic rings. The van der Waals surface area contributed by atoms with E-state index >= 15 is 0 Å². The van der Waals surface area contributed by atoms with Crippen LogP contribution in [0.2, 0.25) is 0 Å². The Balaban J connectivity index is 0.00000256. The highest BCUT2D eigenvalue weighted by Crippen LogP contribution is 2.41. The van der Waals surface area contributed by atoms with Crippen molar-refractivity contribution in [1.29, 1.82) is 0 Å². The molecule has 3 heterocycles. The number of nitrogens with zero attached hydrogens (tertiary/aromatic N) is 3. The number of aromatic nitrogens is 1. The molecule has 162 valence electrons. The fraction of sp³-hybridized carbons (Fsp3) is 0.478. The van der Waals surface area contributed by atoms with E-state index < -0.39 is 5.54 Å². The molecular formula is C23H29ClFN3O2. The van der Waals surface area contributed by atoms with Gasteiger partial charge < -0.3 is 4.42 Å². The summed E-state index contributed by atoms with van der Waals surface area (Å²) < 4.78 is 19.4. The molecule has 2 atom stereocenters. The number of piperidine rings is 1. The number of amides is 1. The van der Waals surface area contributed by atoms with Crippen molar-refractivity contribution in [2.45, 2.75) is 58.2 Å². The molecule has 0 saturated carbocycles. The van der Waals surface area contributed by atoms with E-state index in [1.54, 1.807) is 23.1 Å². The third-order valence-corrected chi connectivity index (χ3v) is 6.04. The smallest absolute Gasteiger partial charge is 0.251 e. The van der Waals surface area contributed by atoms with Crippen molar-refractivity contribution in [2.24, 2.45) is 5.92 Å². The Labute approximate surface area is 183 Å². The van der Waals surface area contributed by atoms with Crippen LogP contribution in [0, 0.1) is 11.7 Å². The van der Waals surface area contributed by atoms with E-state index in [9.17, 15) is 9.18 Å². The van der Waals surface area contributed by atoms with Crippen LogP contribution < -0.4 is 4.90 Å². The van der Waals surface area contributed by atoms with Gasteiger partial charge in [-0.15, -0.1) is 12.4 Å². The third-order valence-electron chi connectivity index (χ3n) is 6.04. The fourth-order valence-corrected chi connectivity index (χ4v) is 4.64. The van der Waals surface area contributed by atoms with Crippen molar-refractivity contribution in [3.8, 4) is 0 Å². The number of hydrogen-bond acceptors (Lipinski definition) is 4. The van der Waals surface area contributed by atoms with Crippen LogP contribution in [-0.2, 0) is 17.8 Å². The van der Waals surface area contributed by atoms with Crippen molar-refractivity contribution >= 4 is 24.0 Å². The highest BCUT2D eigenvalue weighted by atomic mass is 35.5. The molecule has 1 aromatic carbocycles. The molecule has 0 radical (unpaired) electrons. The normalized spacial score (nSPS) is 24.1. The molecule has 7 heteroatoms. The lowest BCUT2D eigenvalue weighted by Gasteiger charge is -2.47. The number of carbonyl (C=O) groups excluding carboxylic acids is 1. The zero-order valence-electron chi connectivity index (χ0n) is 17.7. The first-order valence-electron chi connectivity index (χ1n) is 10.3. The lowest BCUT2D eigenvalue weighted by Crippen LogP contribution is -2.56. The molecule has 0 N–H and O–H groups in total. The number of rotatable bonds is 5. The third kappa shape index (κ3) is 4.30. The number of likely N-dealkylation sites (tertiary alicyclic amines) is 1. The second-order valence-electron chi connectivity index (χ2n) is 8.68. The van der Waals surface area contributed by atoms with Gasteiger partial charge in [0.25, 0.3) is 5.91 Å². The average molecular weight is 434 g/mol. The van der Waals surface area contributed by atoms with Gasteiger partial charge in [-0.05, 0) is 43.9 Å². The fourth-order valence-electron chi connectivity index (χ4n) is 4.64. The monoisotopic (exact) mass is 433 g/mol. The molecular weight excluding hydrogens is 405 g/mol.